The Hall–Kier alpha value is -0.0351. The zero-order chi connectivity index (χ0) is 15.4. The van der Waals surface area contributed by atoms with E-state index in [1.54, 1.807) is 7.11 Å². The first-order valence-electron chi connectivity index (χ1n) is 7.39. The van der Waals surface area contributed by atoms with E-state index in [-0.39, 0.29) is 43.1 Å². The fourth-order valence-corrected chi connectivity index (χ4v) is 3.58. The Kier molecular flexibility index (Phi) is 6.60. The van der Waals surface area contributed by atoms with Crippen LogP contribution >= 0.6 is 8.25 Å². The van der Waals surface area contributed by atoms with Crippen LogP contribution in [0.2, 0.25) is 0 Å². The second kappa shape index (κ2) is 8.00. The smallest absolute Gasteiger partial charge is 0.382 e. The minimum Gasteiger partial charge on any atom is -0.382 e. The quantitative estimate of drug-likeness (QED) is 0.528. The van der Waals surface area contributed by atoms with Gasteiger partial charge in [0.1, 0.15) is 26.7 Å². The van der Waals surface area contributed by atoms with E-state index in [9.17, 15) is 4.57 Å². The van der Waals surface area contributed by atoms with E-state index in [0.29, 0.717) is 6.42 Å². The van der Waals surface area contributed by atoms with Gasteiger partial charge in [-0.1, -0.05) is 6.92 Å². The lowest BCUT2D eigenvalue weighted by atomic mass is 9.96. The van der Waals surface area contributed by atoms with Crippen LogP contribution in [0, 0.1) is 0 Å². The van der Waals surface area contributed by atoms with Gasteiger partial charge in [0.05, 0.1) is 18.3 Å². The van der Waals surface area contributed by atoms with Crippen LogP contribution < -0.4 is 0 Å². The van der Waals surface area contributed by atoms with E-state index in [0.717, 1.165) is 12.8 Å². The molecule has 118 valence electrons. The summed E-state index contributed by atoms with van der Waals surface area (Å²) in [4.78, 5) is 0. The van der Waals surface area contributed by atoms with Crippen LogP contribution in [0.4, 0.5) is 0 Å². The number of ether oxygens (including phenoxy) is 3. The maximum Gasteiger partial charge on any atom is 0.697 e. The molecule has 0 aromatic rings. The molecule has 0 N–H and O–H groups in total. The average molecular weight is 317 g/mol. The van der Waals surface area contributed by atoms with Crippen LogP contribution in [-0.4, -0.2) is 58.1 Å². The fourth-order valence-electron chi connectivity index (χ4n) is 2.81. The summed E-state index contributed by atoms with van der Waals surface area (Å²) in [7, 11) is 5.14. The molecule has 2 saturated heterocycles. The zero-order valence-electron chi connectivity index (χ0n) is 12.8. The van der Waals surface area contributed by atoms with Crippen molar-refractivity contribution < 1.29 is 27.8 Å². The summed E-state index contributed by atoms with van der Waals surface area (Å²) in [5.41, 5.74) is 0. The SMILES string of the molecule is [B][C@H]1CC(O[P+](=O)OC[C@H]2O[C@@H](C)CC2OC)[C@@H](CC)O1. The van der Waals surface area contributed by atoms with Gasteiger partial charge in [0.25, 0.3) is 0 Å². The van der Waals surface area contributed by atoms with Gasteiger partial charge in [0.15, 0.2) is 0 Å². The highest BCUT2D eigenvalue weighted by atomic mass is 31.1. The molecule has 0 aromatic carbocycles. The van der Waals surface area contributed by atoms with Crippen molar-refractivity contribution in [3.8, 4) is 0 Å². The van der Waals surface area contributed by atoms with Crippen LogP contribution in [0.5, 0.6) is 0 Å². The Morgan fingerprint density at radius 1 is 1.24 bits per heavy atom. The van der Waals surface area contributed by atoms with Crippen molar-refractivity contribution in [2.45, 2.75) is 69.6 Å². The normalized spacial score (nSPS) is 40.6. The van der Waals surface area contributed by atoms with Gasteiger partial charge in [-0.3, -0.25) is 0 Å². The molecular formula is C13H23BO6P+. The molecule has 0 saturated carbocycles. The van der Waals surface area contributed by atoms with Crippen molar-refractivity contribution in [2.75, 3.05) is 13.7 Å². The highest BCUT2D eigenvalue weighted by Crippen LogP contribution is 2.35. The molecule has 2 rings (SSSR count). The molecule has 2 heterocycles. The van der Waals surface area contributed by atoms with E-state index < -0.39 is 8.25 Å². The first-order valence-corrected chi connectivity index (χ1v) is 8.49. The molecular weight excluding hydrogens is 294 g/mol. The van der Waals surface area contributed by atoms with Gasteiger partial charge in [0, 0.05) is 24.1 Å². The number of hydrogen-bond acceptors (Lipinski definition) is 6. The summed E-state index contributed by atoms with van der Waals surface area (Å²) in [5, 5.41) is 0. The van der Waals surface area contributed by atoms with Crippen molar-refractivity contribution in [1.29, 1.82) is 0 Å². The van der Waals surface area contributed by atoms with Gasteiger partial charge in [-0.05, 0) is 19.8 Å². The molecule has 2 aliphatic rings. The predicted molar refractivity (Wildman–Crippen MR) is 77.5 cm³/mol. The molecule has 2 fully saturated rings. The second-order valence-corrected chi connectivity index (χ2v) is 6.43. The van der Waals surface area contributed by atoms with E-state index in [1.165, 1.54) is 0 Å². The molecule has 0 amide bonds. The van der Waals surface area contributed by atoms with Crippen LogP contribution in [0.15, 0.2) is 0 Å². The maximum atomic E-state index is 11.9. The highest BCUT2D eigenvalue weighted by molar-refractivity contribution is 7.33. The molecule has 3 unspecified atom stereocenters. The van der Waals surface area contributed by atoms with Crippen LogP contribution in [0.1, 0.15) is 33.1 Å². The Labute approximate surface area is 128 Å². The first-order chi connectivity index (χ1) is 10.0. The largest absolute Gasteiger partial charge is 0.697 e. The van der Waals surface area contributed by atoms with Crippen molar-refractivity contribution in [1.82, 2.24) is 0 Å². The highest BCUT2D eigenvalue weighted by Gasteiger charge is 2.41. The molecule has 0 aromatic heterocycles. The topological polar surface area (TPSA) is 63.2 Å². The monoisotopic (exact) mass is 317 g/mol. The van der Waals surface area contributed by atoms with Gasteiger partial charge >= 0.3 is 8.25 Å². The Morgan fingerprint density at radius 2 is 2.00 bits per heavy atom. The third kappa shape index (κ3) is 4.72. The summed E-state index contributed by atoms with van der Waals surface area (Å²) in [6, 6.07) is -0.361. The van der Waals surface area contributed by atoms with Crippen LogP contribution in [0.25, 0.3) is 0 Å². The Morgan fingerprint density at radius 3 is 2.67 bits per heavy atom. The molecule has 0 spiro atoms. The van der Waals surface area contributed by atoms with Gasteiger partial charge in [-0.2, -0.15) is 0 Å². The van der Waals surface area contributed by atoms with Crippen LogP contribution in [0.3, 0.4) is 0 Å². The van der Waals surface area contributed by atoms with Gasteiger partial charge in [-0.25, -0.2) is 0 Å². The van der Waals surface area contributed by atoms with Crippen molar-refractivity contribution in [3.05, 3.63) is 0 Å². The second-order valence-electron chi connectivity index (χ2n) is 5.52. The molecule has 0 bridgehead atoms. The standard InChI is InChI=1S/C13H23BO6P/c1-4-9-11(6-13(14)19-9)20-21(15)17-7-12-10(16-3)5-8(2)18-12/h8-13H,4-7H2,1-3H3/q+1/t8-,9+,10?,11?,12+,13+/m0/s1. The third-order valence-electron chi connectivity index (χ3n) is 3.89. The lowest BCUT2D eigenvalue weighted by Gasteiger charge is -2.14. The molecule has 0 aliphatic carbocycles. The number of hydrogen-bond donors (Lipinski definition) is 0. The van der Waals surface area contributed by atoms with Crippen molar-refractivity contribution >= 4 is 16.1 Å². The maximum absolute atomic E-state index is 11.9. The molecule has 7 atom stereocenters. The first kappa shape index (κ1) is 17.3. The number of methoxy groups -OCH3 is 1. The van der Waals surface area contributed by atoms with E-state index in [4.69, 9.17) is 31.1 Å². The van der Waals surface area contributed by atoms with E-state index in [1.807, 2.05) is 13.8 Å². The summed E-state index contributed by atoms with van der Waals surface area (Å²) in [6.45, 7) is 4.14. The molecule has 21 heavy (non-hydrogen) atoms. The lowest BCUT2D eigenvalue weighted by molar-refractivity contribution is -0.0284. The molecule has 2 radical (unpaired) electrons. The van der Waals surface area contributed by atoms with Crippen molar-refractivity contribution in [2.24, 2.45) is 0 Å². The molecule has 8 heteroatoms. The summed E-state index contributed by atoms with van der Waals surface area (Å²) in [5.74, 6) is 0. The van der Waals surface area contributed by atoms with Crippen molar-refractivity contribution in [3.63, 3.8) is 0 Å². The zero-order valence-corrected chi connectivity index (χ0v) is 13.7. The van der Waals surface area contributed by atoms with Gasteiger partial charge in [0.2, 0.25) is 0 Å². The summed E-state index contributed by atoms with van der Waals surface area (Å²) >= 11 is 0. The fraction of sp³-hybridized carbons (Fsp3) is 1.00. The van der Waals surface area contributed by atoms with Gasteiger partial charge < -0.3 is 14.2 Å². The molecule has 2 aliphatic heterocycles. The van der Waals surface area contributed by atoms with Crippen LogP contribution in [-0.2, 0) is 27.8 Å². The minimum absolute atomic E-state index is 0.0324. The average Bonchev–Trinajstić information content (AvgIpc) is 2.98. The van der Waals surface area contributed by atoms with E-state index in [2.05, 4.69) is 0 Å². The minimum atomic E-state index is -2.22. The lowest BCUT2D eigenvalue weighted by Crippen LogP contribution is -2.27. The summed E-state index contributed by atoms with van der Waals surface area (Å²) < 4.78 is 39.1. The third-order valence-corrected chi connectivity index (χ3v) is 4.69. The van der Waals surface area contributed by atoms with E-state index >= 15 is 0 Å². The van der Waals surface area contributed by atoms with Gasteiger partial charge in [-0.15, -0.1) is 9.05 Å². The number of rotatable bonds is 7. The Balaban J connectivity index is 1.75. The molecule has 6 nitrogen and oxygen atoms in total. The summed E-state index contributed by atoms with van der Waals surface area (Å²) in [6.07, 6.45) is 1.56. The Bertz CT molecular complexity index is 358. The predicted octanol–water partition coefficient (Wildman–Crippen LogP) is 1.93.